The molecule has 0 radical (unpaired) electrons. The van der Waals surface area contributed by atoms with E-state index in [1.807, 2.05) is 36.4 Å². The Morgan fingerprint density at radius 1 is 0.743 bits per heavy atom. The fraction of sp³-hybridized carbons (Fsp3) is 0.100. The van der Waals surface area contributed by atoms with Crippen molar-refractivity contribution in [3.05, 3.63) is 131 Å². The Labute approximate surface area is 209 Å². The molecule has 5 heteroatoms. The Bertz CT molecular complexity index is 1430. The summed E-state index contributed by atoms with van der Waals surface area (Å²) < 4.78 is 0. The molecule has 5 aromatic rings. The summed E-state index contributed by atoms with van der Waals surface area (Å²) in [5.74, 6) is -0.191. The molecule has 1 amide bonds. The van der Waals surface area contributed by atoms with Gasteiger partial charge in [0.1, 0.15) is 5.03 Å². The van der Waals surface area contributed by atoms with Gasteiger partial charge in [-0.1, -0.05) is 77.5 Å². The van der Waals surface area contributed by atoms with Crippen LogP contribution in [0.4, 0.5) is 5.69 Å². The minimum absolute atomic E-state index is 0.000551. The number of fused-ring (bicyclic) bond motifs is 1. The van der Waals surface area contributed by atoms with Crippen molar-refractivity contribution in [1.29, 1.82) is 0 Å². The molecule has 4 nitrogen and oxygen atoms in total. The molecular formula is C30H25N3OS. The van der Waals surface area contributed by atoms with E-state index in [1.165, 1.54) is 22.3 Å². The molecule has 0 saturated heterocycles. The highest BCUT2D eigenvalue weighted by Gasteiger charge is 2.21. The molecule has 1 N–H and O–H groups in total. The predicted octanol–water partition coefficient (Wildman–Crippen LogP) is 7.38. The molecule has 0 bridgehead atoms. The van der Waals surface area contributed by atoms with E-state index in [9.17, 15) is 4.79 Å². The molecule has 0 atom stereocenters. The van der Waals surface area contributed by atoms with E-state index in [1.54, 1.807) is 30.2 Å². The summed E-state index contributed by atoms with van der Waals surface area (Å²) in [6, 6.07) is 30.3. The van der Waals surface area contributed by atoms with Crippen LogP contribution in [-0.2, 0) is 0 Å². The number of hydrogen-bond acceptors (Lipinski definition) is 4. The van der Waals surface area contributed by atoms with E-state index in [2.05, 4.69) is 77.7 Å². The van der Waals surface area contributed by atoms with Crippen LogP contribution in [0.3, 0.4) is 0 Å². The van der Waals surface area contributed by atoms with Gasteiger partial charge < -0.3 is 5.32 Å². The lowest BCUT2D eigenvalue weighted by Crippen LogP contribution is -2.14. The maximum Gasteiger partial charge on any atom is 0.258 e. The highest BCUT2D eigenvalue weighted by atomic mass is 32.2. The van der Waals surface area contributed by atoms with Gasteiger partial charge in [-0.3, -0.25) is 9.78 Å². The summed E-state index contributed by atoms with van der Waals surface area (Å²) in [5, 5.41) is 4.67. The minimum Gasteiger partial charge on any atom is -0.321 e. The first-order chi connectivity index (χ1) is 17.1. The van der Waals surface area contributed by atoms with Gasteiger partial charge in [0.2, 0.25) is 0 Å². The maximum absolute atomic E-state index is 13.4. The monoisotopic (exact) mass is 475 g/mol. The number of anilines is 1. The Morgan fingerprint density at radius 2 is 1.37 bits per heavy atom. The van der Waals surface area contributed by atoms with E-state index in [-0.39, 0.29) is 11.2 Å². The normalized spacial score (nSPS) is 11.1. The molecule has 2 heterocycles. The molecule has 0 spiro atoms. The van der Waals surface area contributed by atoms with Crippen molar-refractivity contribution in [3.63, 3.8) is 0 Å². The summed E-state index contributed by atoms with van der Waals surface area (Å²) in [7, 11) is 0. The first kappa shape index (κ1) is 22.8. The number of aryl methyl sites for hydroxylation is 2. The Balaban J connectivity index is 1.49. The lowest BCUT2D eigenvalue weighted by atomic mass is 10.0. The summed E-state index contributed by atoms with van der Waals surface area (Å²) in [5.41, 5.74) is 6.87. The third kappa shape index (κ3) is 5.10. The van der Waals surface area contributed by atoms with Crippen molar-refractivity contribution in [3.8, 4) is 0 Å². The van der Waals surface area contributed by atoms with Crippen LogP contribution in [0.2, 0.25) is 0 Å². The summed E-state index contributed by atoms with van der Waals surface area (Å²) in [6.07, 6.45) is 3.49. The van der Waals surface area contributed by atoms with E-state index >= 15 is 0 Å². The molecule has 0 aliphatic rings. The molecule has 3 aromatic carbocycles. The van der Waals surface area contributed by atoms with Crippen molar-refractivity contribution < 1.29 is 4.79 Å². The predicted molar refractivity (Wildman–Crippen MR) is 144 cm³/mol. The number of benzene rings is 3. The standard InChI is InChI=1S/C30H25N3OS/c1-20-10-14-22(15-11-20)28(23-16-12-21(2)13-17-23)35-30-25(7-5-19-32-30)29(34)33-27-9-3-8-26-24(27)6-4-18-31-26/h3-19,28H,1-2H3,(H,33,34). The smallest absolute Gasteiger partial charge is 0.258 e. The quantitative estimate of drug-likeness (QED) is 0.260. The SMILES string of the molecule is Cc1ccc(C(Sc2ncccc2C(=O)Nc2cccc3ncccc23)c2ccc(C)cc2)cc1. The molecule has 0 aliphatic carbocycles. The number of aromatic nitrogens is 2. The van der Waals surface area contributed by atoms with Gasteiger partial charge in [-0.2, -0.15) is 0 Å². The van der Waals surface area contributed by atoms with Gasteiger partial charge in [-0.15, -0.1) is 0 Å². The van der Waals surface area contributed by atoms with Crippen LogP contribution in [0.1, 0.15) is 37.9 Å². The van der Waals surface area contributed by atoms with E-state index in [4.69, 9.17) is 0 Å². The van der Waals surface area contributed by atoms with Crippen molar-refractivity contribution in [2.75, 3.05) is 5.32 Å². The Hall–Kier alpha value is -3.96. The van der Waals surface area contributed by atoms with Gasteiger partial charge in [0.15, 0.2) is 0 Å². The van der Waals surface area contributed by atoms with Gasteiger partial charge in [-0.05, 0) is 61.4 Å². The fourth-order valence-electron chi connectivity index (χ4n) is 3.98. The van der Waals surface area contributed by atoms with Crippen LogP contribution in [0.5, 0.6) is 0 Å². The van der Waals surface area contributed by atoms with Gasteiger partial charge in [0.05, 0.1) is 22.0 Å². The van der Waals surface area contributed by atoms with Crippen molar-refractivity contribution in [2.45, 2.75) is 24.1 Å². The summed E-state index contributed by atoms with van der Waals surface area (Å²) in [6.45, 7) is 4.17. The summed E-state index contributed by atoms with van der Waals surface area (Å²) in [4.78, 5) is 22.4. The van der Waals surface area contributed by atoms with Gasteiger partial charge >= 0.3 is 0 Å². The number of pyridine rings is 2. The second kappa shape index (κ2) is 10.1. The third-order valence-electron chi connectivity index (χ3n) is 5.90. The molecule has 0 saturated carbocycles. The van der Waals surface area contributed by atoms with Crippen LogP contribution in [0.25, 0.3) is 10.9 Å². The Morgan fingerprint density at radius 3 is 2.06 bits per heavy atom. The number of carbonyl (C=O) groups is 1. The van der Waals surface area contributed by atoms with Crippen molar-refractivity contribution >= 4 is 34.3 Å². The first-order valence-corrected chi connectivity index (χ1v) is 12.4. The molecule has 0 fully saturated rings. The van der Waals surface area contributed by atoms with E-state index < -0.39 is 0 Å². The minimum atomic E-state index is -0.191. The molecule has 172 valence electrons. The third-order valence-corrected chi connectivity index (χ3v) is 7.23. The molecule has 5 rings (SSSR count). The van der Waals surface area contributed by atoms with Crippen LogP contribution in [0.15, 0.2) is 108 Å². The largest absolute Gasteiger partial charge is 0.321 e. The second-order valence-corrected chi connectivity index (χ2v) is 9.60. The van der Waals surface area contributed by atoms with Crippen molar-refractivity contribution in [1.82, 2.24) is 9.97 Å². The van der Waals surface area contributed by atoms with Crippen LogP contribution in [-0.4, -0.2) is 15.9 Å². The molecule has 0 aliphatic heterocycles. The number of nitrogens with zero attached hydrogens (tertiary/aromatic N) is 2. The molecular weight excluding hydrogens is 450 g/mol. The van der Waals surface area contributed by atoms with Crippen LogP contribution >= 0.6 is 11.8 Å². The fourth-order valence-corrected chi connectivity index (χ4v) is 5.20. The highest BCUT2D eigenvalue weighted by molar-refractivity contribution is 7.99. The van der Waals surface area contributed by atoms with Crippen molar-refractivity contribution in [2.24, 2.45) is 0 Å². The molecule has 35 heavy (non-hydrogen) atoms. The van der Waals surface area contributed by atoms with E-state index in [0.717, 1.165) is 16.6 Å². The number of rotatable bonds is 6. The maximum atomic E-state index is 13.4. The number of carbonyl (C=O) groups excluding carboxylic acids is 1. The molecule has 0 unspecified atom stereocenters. The topological polar surface area (TPSA) is 54.9 Å². The van der Waals surface area contributed by atoms with Crippen LogP contribution in [0, 0.1) is 13.8 Å². The average molecular weight is 476 g/mol. The summed E-state index contributed by atoms with van der Waals surface area (Å²) >= 11 is 1.59. The zero-order valence-corrected chi connectivity index (χ0v) is 20.4. The highest BCUT2D eigenvalue weighted by Crippen LogP contribution is 2.41. The van der Waals surface area contributed by atoms with Gasteiger partial charge in [0.25, 0.3) is 5.91 Å². The van der Waals surface area contributed by atoms with E-state index in [0.29, 0.717) is 10.6 Å². The molecule has 2 aromatic heterocycles. The first-order valence-electron chi connectivity index (χ1n) is 11.5. The average Bonchev–Trinajstić information content (AvgIpc) is 2.89. The van der Waals surface area contributed by atoms with Gasteiger partial charge in [-0.25, -0.2) is 4.98 Å². The zero-order chi connectivity index (χ0) is 24.2. The lowest BCUT2D eigenvalue weighted by Gasteiger charge is -2.19. The second-order valence-electron chi connectivity index (χ2n) is 8.51. The Kier molecular flexibility index (Phi) is 6.59. The van der Waals surface area contributed by atoms with Gasteiger partial charge in [0, 0.05) is 17.8 Å². The zero-order valence-electron chi connectivity index (χ0n) is 19.6. The lowest BCUT2D eigenvalue weighted by molar-refractivity contribution is 0.102. The van der Waals surface area contributed by atoms with Crippen LogP contribution < -0.4 is 5.32 Å². The number of nitrogens with one attached hydrogen (secondary N) is 1. The number of hydrogen-bond donors (Lipinski definition) is 1. The number of thioether (sulfide) groups is 1. The number of amides is 1.